The first-order valence-corrected chi connectivity index (χ1v) is 12.8. The Balaban J connectivity index is 1.43. The molecule has 0 saturated carbocycles. The Kier molecular flexibility index (Phi) is 8.44. The molecule has 4 aromatic rings. The van der Waals surface area contributed by atoms with Gasteiger partial charge in [-0.2, -0.15) is 14.0 Å². The number of alkyl halides is 2. The molecular weight excluding hydrogens is 547 g/mol. The van der Waals surface area contributed by atoms with Gasteiger partial charge in [0.1, 0.15) is 23.2 Å². The van der Waals surface area contributed by atoms with Crippen LogP contribution >= 0.6 is 46.3 Å². The van der Waals surface area contributed by atoms with Crippen LogP contribution in [0.15, 0.2) is 74.9 Å². The molecule has 0 aliphatic heterocycles. The van der Waals surface area contributed by atoms with Gasteiger partial charge in [0.15, 0.2) is 5.13 Å². The van der Waals surface area contributed by atoms with E-state index in [2.05, 4.69) is 10.3 Å². The number of thiazole rings is 1. The fourth-order valence-electron chi connectivity index (χ4n) is 3.16. The lowest BCUT2D eigenvalue weighted by Gasteiger charge is -2.03. The molecule has 0 spiro atoms. The second-order valence-electron chi connectivity index (χ2n) is 7.29. The predicted octanol–water partition coefficient (Wildman–Crippen LogP) is 8.16. The summed E-state index contributed by atoms with van der Waals surface area (Å²) in [5.74, 6) is -2.37. The monoisotopic (exact) mass is 561 g/mol. The molecule has 182 valence electrons. The zero-order valence-electron chi connectivity index (χ0n) is 18.2. The average Bonchev–Trinajstić information content (AvgIpc) is 3.49. The maximum Gasteiger partial charge on any atom is 0.288 e. The van der Waals surface area contributed by atoms with Gasteiger partial charge in [0, 0.05) is 38.4 Å². The normalized spacial score (nSPS) is 11.5. The standard InChI is InChI=1S/C25H15Cl2F2N3O2S2/c26-17-3-7-21(27)15(9-17)10-18-13-35-25(31-18)32-23(33)16(12-30)11-19-4-8-22(34-19)14-1-5-20(6-2-14)36-24(28)29/h1-9,11,13,24H,10H2,(H,31,32,33)/b16-11-. The van der Waals surface area contributed by atoms with Crippen molar-refractivity contribution in [2.45, 2.75) is 17.1 Å². The van der Waals surface area contributed by atoms with Gasteiger partial charge < -0.3 is 4.42 Å². The van der Waals surface area contributed by atoms with Crippen molar-refractivity contribution in [1.29, 1.82) is 5.26 Å². The molecule has 11 heteroatoms. The number of furan rings is 1. The van der Waals surface area contributed by atoms with Crippen molar-refractivity contribution < 1.29 is 18.0 Å². The van der Waals surface area contributed by atoms with E-state index in [1.807, 2.05) is 6.07 Å². The highest BCUT2D eigenvalue weighted by atomic mass is 35.5. The molecule has 0 saturated heterocycles. The minimum absolute atomic E-state index is 0.172. The smallest absolute Gasteiger partial charge is 0.288 e. The average molecular weight is 562 g/mol. The molecule has 0 fully saturated rings. The molecular formula is C25H15Cl2F2N3O2S2. The van der Waals surface area contributed by atoms with Crippen LogP contribution in [0.1, 0.15) is 17.0 Å². The molecule has 0 aliphatic carbocycles. The highest BCUT2D eigenvalue weighted by molar-refractivity contribution is 7.99. The molecule has 0 bridgehead atoms. The van der Waals surface area contributed by atoms with Gasteiger partial charge in [-0.1, -0.05) is 47.1 Å². The number of thioether (sulfide) groups is 1. The van der Waals surface area contributed by atoms with Crippen molar-refractivity contribution in [3.05, 3.63) is 92.6 Å². The van der Waals surface area contributed by atoms with Crippen LogP contribution in [0.2, 0.25) is 10.0 Å². The van der Waals surface area contributed by atoms with Crippen molar-refractivity contribution in [2.24, 2.45) is 0 Å². The van der Waals surface area contributed by atoms with E-state index in [-0.39, 0.29) is 11.3 Å². The number of hydrogen-bond donors (Lipinski definition) is 1. The second-order valence-corrected chi connectivity index (χ2v) is 10.1. The molecule has 1 amide bonds. The van der Waals surface area contributed by atoms with E-state index in [4.69, 9.17) is 27.6 Å². The third kappa shape index (κ3) is 6.74. The summed E-state index contributed by atoms with van der Waals surface area (Å²) in [4.78, 5) is 17.5. The molecule has 1 N–H and O–H groups in total. The van der Waals surface area contributed by atoms with Crippen molar-refractivity contribution >= 4 is 63.4 Å². The summed E-state index contributed by atoms with van der Waals surface area (Å²) < 4.78 is 30.7. The van der Waals surface area contributed by atoms with E-state index in [1.165, 1.54) is 17.4 Å². The Labute approximate surface area is 223 Å². The lowest BCUT2D eigenvalue weighted by Crippen LogP contribution is -2.13. The molecule has 2 aromatic heterocycles. The van der Waals surface area contributed by atoms with Crippen molar-refractivity contribution in [3.63, 3.8) is 0 Å². The maximum absolute atomic E-state index is 12.6. The number of hydrogen-bond acceptors (Lipinski definition) is 6. The van der Waals surface area contributed by atoms with Gasteiger partial charge in [-0.25, -0.2) is 4.98 Å². The van der Waals surface area contributed by atoms with Crippen molar-refractivity contribution in [3.8, 4) is 17.4 Å². The van der Waals surface area contributed by atoms with Crippen LogP contribution in [-0.2, 0) is 11.2 Å². The first-order chi connectivity index (χ1) is 17.3. The summed E-state index contributed by atoms with van der Waals surface area (Å²) in [7, 11) is 0. The van der Waals surface area contributed by atoms with Crippen LogP contribution in [0.4, 0.5) is 13.9 Å². The highest BCUT2D eigenvalue weighted by Gasteiger charge is 2.14. The number of carbonyl (C=O) groups is 1. The Morgan fingerprint density at radius 1 is 1.19 bits per heavy atom. The lowest BCUT2D eigenvalue weighted by atomic mass is 10.1. The summed E-state index contributed by atoms with van der Waals surface area (Å²) >= 11 is 13.9. The Bertz CT molecular complexity index is 1460. The van der Waals surface area contributed by atoms with E-state index in [0.717, 1.165) is 5.56 Å². The number of aromatic nitrogens is 1. The van der Waals surface area contributed by atoms with E-state index >= 15 is 0 Å². The zero-order chi connectivity index (χ0) is 25.7. The molecule has 0 radical (unpaired) electrons. The maximum atomic E-state index is 12.6. The molecule has 0 aliphatic rings. The van der Waals surface area contributed by atoms with Crippen LogP contribution in [0.3, 0.4) is 0 Å². The molecule has 2 aromatic carbocycles. The van der Waals surface area contributed by atoms with Crippen LogP contribution in [0.25, 0.3) is 17.4 Å². The lowest BCUT2D eigenvalue weighted by molar-refractivity contribution is -0.112. The molecule has 36 heavy (non-hydrogen) atoms. The zero-order valence-corrected chi connectivity index (χ0v) is 21.3. The van der Waals surface area contributed by atoms with E-state index in [1.54, 1.807) is 60.0 Å². The number of halogens is 4. The van der Waals surface area contributed by atoms with Gasteiger partial charge in [0.2, 0.25) is 0 Å². The van der Waals surface area contributed by atoms with Gasteiger partial charge in [-0.3, -0.25) is 10.1 Å². The van der Waals surface area contributed by atoms with Gasteiger partial charge in [-0.15, -0.1) is 11.3 Å². The quantitative estimate of drug-likeness (QED) is 0.133. The van der Waals surface area contributed by atoms with Crippen LogP contribution < -0.4 is 5.32 Å². The number of rotatable bonds is 8. The minimum atomic E-state index is -2.50. The second kappa shape index (κ2) is 11.7. The topological polar surface area (TPSA) is 78.9 Å². The molecule has 0 atom stereocenters. The Morgan fingerprint density at radius 3 is 2.69 bits per heavy atom. The number of nitriles is 1. The van der Waals surface area contributed by atoms with Gasteiger partial charge in [-0.05, 0) is 48.0 Å². The van der Waals surface area contributed by atoms with Crippen LogP contribution in [0.5, 0.6) is 0 Å². The first kappa shape index (κ1) is 25.9. The van der Waals surface area contributed by atoms with E-state index in [0.29, 0.717) is 55.3 Å². The van der Waals surface area contributed by atoms with Crippen LogP contribution in [-0.4, -0.2) is 16.6 Å². The largest absolute Gasteiger partial charge is 0.457 e. The van der Waals surface area contributed by atoms with Crippen molar-refractivity contribution in [1.82, 2.24) is 4.98 Å². The Morgan fingerprint density at radius 2 is 1.97 bits per heavy atom. The SMILES string of the molecule is N#C/C(=C/c1ccc(-c2ccc(SC(F)F)cc2)o1)C(=O)Nc1nc(Cc2cc(Cl)ccc2Cl)cs1. The summed E-state index contributed by atoms with van der Waals surface area (Å²) in [5.41, 5.74) is 2.00. The van der Waals surface area contributed by atoms with Gasteiger partial charge in [0.25, 0.3) is 11.7 Å². The first-order valence-electron chi connectivity index (χ1n) is 10.3. The number of anilines is 1. The van der Waals surface area contributed by atoms with Crippen molar-refractivity contribution in [2.75, 3.05) is 5.32 Å². The van der Waals surface area contributed by atoms with Gasteiger partial charge >= 0.3 is 0 Å². The predicted molar refractivity (Wildman–Crippen MR) is 140 cm³/mol. The number of carbonyl (C=O) groups excluding carboxylic acids is 1. The molecule has 0 unspecified atom stereocenters. The number of nitrogens with one attached hydrogen (secondary N) is 1. The molecule has 4 rings (SSSR count). The summed E-state index contributed by atoms with van der Waals surface area (Å²) in [6, 6.07) is 16.8. The van der Waals surface area contributed by atoms with Gasteiger partial charge in [0.05, 0.1) is 5.69 Å². The van der Waals surface area contributed by atoms with E-state index in [9.17, 15) is 18.8 Å². The third-order valence-corrected chi connectivity index (χ3v) is 6.93. The van der Waals surface area contributed by atoms with Crippen LogP contribution in [0, 0.1) is 11.3 Å². The molecule has 2 heterocycles. The summed E-state index contributed by atoms with van der Waals surface area (Å²) in [6.45, 7) is 0. The van der Waals surface area contributed by atoms with E-state index < -0.39 is 11.7 Å². The minimum Gasteiger partial charge on any atom is -0.457 e. The third-order valence-electron chi connectivity index (χ3n) is 4.79. The number of amides is 1. The summed E-state index contributed by atoms with van der Waals surface area (Å²) in [6.07, 6.45) is 1.75. The fraction of sp³-hybridized carbons (Fsp3) is 0.0800. The number of benzene rings is 2. The fourth-order valence-corrected chi connectivity index (χ4v) is 4.74. The summed E-state index contributed by atoms with van der Waals surface area (Å²) in [5, 5.41) is 15.3. The Hall–Kier alpha value is -3.16. The number of nitrogens with zero attached hydrogens (tertiary/aromatic N) is 2. The molecule has 5 nitrogen and oxygen atoms in total. The highest BCUT2D eigenvalue weighted by Crippen LogP contribution is 2.30.